The van der Waals surface area contributed by atoms with E-state index in [2.05, 4.69) is 5.32 Å². The molecule has 0 saturated heterocycles. The predicted molar refractivity (Wildman–Crippen MR) is 111 cm³/mol. The van der Waals surface area contributed by atoms with Crippen LogP contribution in [-0.2, 0) is 9.59 Å². The van der Waals surface area contributed by atoms with Crippen molar-refractivity contribution in [3.8, 4) is 11.5 Å². The minimum atomic E-state index is -0.340. The zero-order valence-electron chi connectivity index (χ0n) is 15.3. The minimum Gasteiger partial charge on any atom is -0.457 e. The standard InChI is InChI=1S/C22H19ClN2O3/c1-16(26)25(15-22(27)24-21-10-6-5-9-20(21)23)17-11-13-19(14-12-17)28-18-7-3-2-4-8-18/h2-14H,15H2,1H3,(H,24,27). The average molecular weight is 395 g/mol. The number of nitrogens with one attached hydrogen (secondary N) is 1. The molecule has 0 heterocycles. The average Bonchev–Trinajstić information content (AvgIpc) is 2.69. The fourth-order valence-electron chi connectivity index (χ4n) is 2.60. The molecule has 1 N–H and O–H groups in total. The van der Waals surface area contributed by atoms with Gasteiger partial charge in [0.1, 0.15) is 18.0 Å². The van der Waals surface area contributed by atoms with Crippen LogP contribution in [0.4, 0.5) is 11.4 Å². The van der Waals surface area contributed by atoms with Crippen molar-refractivity contribution in [2.45, 2.75) is 6.92 Å². The van der Waals surface area contributed by atoms with Gasteiger partial charge in [-0.3, -0.25) is 9.59 Å². The summed E-state index contributed by atoms with van der Waals surface area (Å²) in [4.78, 5) is 25.8. The van der Waals surface area contributed by atoms with Crippen LogP contribution in [0.3, 0.4) is 0 Å². The van der Waals surface area contributed by atoms with Gasteiger partial charge in [0.05, 0.1) is 10.7 Å². The van der Waals surface area contributed by atoms with Crippen molar-refractivity contribution in [3.05, 3.63) is 83.9 Å². The molecule has 0 atom stereocenters. The van der Waals surface area contributed by atoms with E-state index in [0.717, 1.165) is 5.75 Å². The van der Waals surface area contributed by atoms with Crippen LogP contribution in [0.25, 0.3) is 0 Å². The Labute approximate surface area is 168 Å². The van der Waals surface area contributed by atoms with Crippen molar-refractivity contribution in [1.29, 1.82) is 0 Å². The highest BCUT2D eigenvalue weighted by atomic mass is 35.5. The van der Waals surface area contributed by atoms with Crippen LogP contribution in [0.1, 0.15) is 6.92 Å². The molecule has 0 aliphatic carbocycles. The second kappa shape index (κ2) is 9.06. The summed E-state index contributed by atoms with van der Waals surface area (Å²) < 4.78 is 5.75. The molecule has 0 saturated carbocycles. The number of hydrogen-bond donors (Lipinski definition) is 1. The molecule has 0 unspecified atom stereocenters. The van der Waals surface area contributed by atoms with Gasteiger partial charge in [0, 0.05) is 12.6 Å². The summed E-state index contributed by atoms with van der Waals surface area (Å²) >= 11 is 6.06. The number of halogens is 1. The summed E-state index contributed by atoms with van der Waals surface area (Å²) in [5, 5.41) is 3.16. The molecular weight excluding hydrogens is 376 g/mol. The Bertz CT molecular complexity index is 959. The van der Waals surface area contributed by atoms with Crippen LogP contribution in [0.15, 0.2) is 78.9 Å². The summed E-state index contributed by atoms with van der Waals surface area (Å²) in [5.74, 6) is 0.774. The lowest BCUT2D eigenvalue weighted by Gasteiger charge is -2.21. The number of nitrogens with zero attached hydrogens (tertiary/aromatic N) is 1. The zero-order valence-corrected chi connectivity index (χ0v) is 16.0. The van der Waals surface area contributed by atoms with Crippen molar-refractivity contribution >= 4 is 34.8 Å². The molecule has 0 aromatic heterocycles. The third kappa shape index (κ3) is 5.11. The second-order valence-electron chi connectivity index (χ2n) is 6.04. The molecule has 3 rings (SSSR count). The molecule has 28 heavy (non-hydrogen) atoms. The number of amides is 2. The highest BCUT2D eigenvalue weighted by Crippen LogP contribution is 2.25. The molecule has 6 heteroatoms. The molecule has 0 aliphatic rings. The predicted octanol–water partition coefficient (Wildman–Crippen LogP) is 5.12. The lowest BCUT2D eigenvalue weighted by atomic mass is 10.2. The monoisotopic (exact) mass is 394 g/mol. The first kappa shape index (κ1) is 19.5. The third-order valence-corrected chi connectivity index (χ3v) is 4.29. The van der Waals surface area contributed by atoms with Gasteiger partial charge in [-0.05, 0) is 48.5 Å². The first-order valence-corrected chi connectivity index (χ1v) is 9.06. The molecular formula is C22H19ClN2O3. The van der Waals surface area contributed by atoms with E-state index in [1.54, 1.807) is 48.5 Å². The zero-order chi connectivity index (χ0) is 19.9. The van der Waals surface area contributed by atoms with E-state index in [9.17, 15) is 9.59 Å². The van der Waals surface area contributed by atoms with Gasteiger partial charge in [0.2, 0.25) is 11.8 Å². The summed E-state index contributed by atoms with van der Waals surface area (Å²) in [6.07, 6.45) is 0. The Kier molecular flexibility index (Phi) is 6.29. The molecule has 0 fully saturated rings. The van der Waals surface area contributed by atoms with Crippen molar-refractivity contribution < 1.29 is 14.3 Å². The number of benzene rings is 3. The number of hydrogen-bond acceptors (Lipinski definition) is 3. The fraction of sp³-hybridized carbons (Fsp3) is 0.0909. The first-order chi connectivity index (χ1) is 13.5. The highest BCUT2D eigenvalue weighted by molar-refractivity contribution is 6.33. The van der Waals surface area contributed by atoms with Gasteiger partial charge in [-0.1, -0.05) is 41.9 Å². The molecule has 0 bridgehead atoms. The Morgan fingerprint density at radius 1 is 0.893 bits per heavy atom. The Hall–Kier alpha value is -3.31. The molecule has 0 aliphatic heterocycles. The number of carbonyl (C=O) groups excluding carboxylic acids is 2. The number of ether oxygens (including phenoxy) is 1. The van der Waals surface area contributed by atoms with Crippen LogP contribution >= 0.6 is 11.6 Å². The van der Waals surface area contributed by atoms with Crippen LogP contribution in [-0.4, -0.2) is 18.4 Å². The second-order valence-corrected chi connectivity index (χ2v) is 6.45. The maximum atomic E-state index is 12.4. The van der Waals surface area contributed by atoms with Gasteiger partial charge in [0.15, 0.2) is 0 Å². The summed E-state index contributed by atoms with van der Waals surface area (Å²) in [5.41, 5.74) is 1.10. The number of carbonyl (C=O) groups is 2. The van der Waals surface area contributed by atoms with E-state index in [1.807, 2.05) is 30.3 Å². The van der Waals surface area contributed by atoms with Gasteiger partial charge in [0.25, 0.3) is 0 Å². The molecule has 3 aromatic rings. The summed E-state index contributed by atoms with van der Waals surface area (Å²) in [6.45, 7) is 1.29. The number of para-hydroxylation sites is 2. The van der Waals surface area contributed by atoms with E-state index in [-0.39, 0.29) is 18.4 Å². The van der Waals surface area contributed by atoms with Crippen molar-refractivity contribution in [2.75, 3.05) is 16.8 Å². The lowest BCUT2D eigenvalue weighted by molar-refractivity contribution is -0.120. The molecule has 0 radical (unpaired) electrons. The topological polar surface area (TPSA) is 58.6 Å². The van der Waals surface area contributed by atoms with E-state index < -0.39 is 0 Å². The van der Waals surface area contributed by atoms with Crippen LogP contribution in [0.5, 0.6) is 11.5 Å². The van der Waals surface area contributed by atoms with Gasteiger partial charge in [-0.2, -0.15) is 0 Å². The first-order valence-electron chi connectivity index (χ1n) is 8.68. The smallest absolute Gasteiger partial charge is 0.244 e. The lowest BCUT2D eigenvalue weighted by Crippen LogP contribution is -2.36. The Morgan fingerprint density at radius 3 is 2.14 bits per heavy atom. The van der Waals surface area contributed by atoms with E-state index in [1.165, 1.54) is 11.8 Å². The third-order valence-electron chi connectivity index (χ3n) is 3.96. The van der Waals surface area contributed by atoms with E-state index in [0.29, 0.717) is 22.1 Å². The maximum absolute atomic E-state index is 12.4. The van der Waals surface area contributed by atoms with Gasteiger partial charge < -0.3 is 15.0 Å². The number of rotatable bonds is 6. The van der Waals surface area contributed by atoms with E-state index >= 15 is 0 Å². The largest absolute Gasteiger partial charge is 0.457 e. The van der Waals surface area contributed by atoms with Crippen LogP contribution in [0.2, 0.25) is 5.02 Å². The summed E-state index contributed by atoms with van der Waals surface area (Å²) in [6, 6.07) is 23.3. The van der Waals surface area contributed by atoms with Crippen molar-refractivity contribution in [3.63, 3.8) is 0 Å². The number of anilines is 2. The quantitative estimate of drug-likeness (QED) is 0.631. The van der Waals surface area contributed by atoms with Crippen molar-refractivity contribution in [2.24, 2.45) is 0 Å². The van der Waals surface area contributed by atoms with Crippen LogP contribution in [0, 0.1) is 0 Å². The normalized spacial score (nSPS) is 10.2. The summed E-state index contributed by atoms with van der Waals surface area (Å²) in [7, 11) is 0. The van der Waals surface area contributed by atoms with Gasteiger partial charge >= 0.3 is 0 Å². The highest BCUT2D eigenvalue weighted by Gasteiger charge is 2.16. The Morgan fingerprint density at radius 2 is 1.50 bits per heavy atom. The van der Waals surface area contributed by atoms with Gasteiger partial charge in [-0.25, -0.2) is 0 Å². The van der Waals surface area contributed by atoms with Crippen LogP contribution < -0.4 is 15.0 Å². The fourth-order valence-corrected chi connectivity index (χ4v) is 2.78. The molecule has 5 nitrogen and oxygen atoms in total. The minimum absolute atomic E-state index is 0.126. The Balaban J connectivity index is 1.69. The SMILES string of the molecule is CC(=O)N(CC(=O)Nc1ccccc1Cl)c1ccc(Oc2ccccc2)cc1. The van der Waals surface area contributed by atoms with E-state index in [4.69, 9.17) is 16.3 Å². The molecule has 2 amide bonds. The molecule has 142 valence electrons. The maximum Gasteiger partial charge on any atom is 0.244 e. The van der Waals surface area contributed by atoms with Gasteiger partial charge in [-0.15, -0.1) is 0 Å². The molecule has 3 aromatic carbocycles. The van der Waals surface area contributed by atoms with Crippen molar-refractivity contribution in [1.82, 2.24) is 0 Å². The molecule has 0 spiro atoms.